The first-order valence-corrected chi connectivity index (χ1v) is 11.8. The van der Waals surface area contributed by atoms with Gasteiger partial charge in [-0.25, -0.2) is 0 Å². The number of aliphatic hydroxyl groups is 1. The molecule has 126 valence electrons. The van der Waals surface area contributed by atoms with Crippen molar-refractivity contribution in [2.75, 3.05) is 6.61 Å². The molecule has 2 rings (SSSR count). The topological polar surface area (TPSA) is 32.3 Å². The number of rotatable bonds is 7. The molecular formula is C21H27NOSi. The van der Waals surface area contributed by atoms with Gasteiger partial charge in [-0.2, -0.15) is 0 Å². The molecule has 24 heavy (non-hydrogen) atoms. The predicted molar refractivity (Wildman–Crippen MR) is 105 cm³/mol. The summed E-state index contributed by atoms with van der Waals surface area (Å²) in [4.78, 5) is 0. The van der Waals surface area contributed by atoms with Crippen LogP contribution in [0.2, 0.25) is 19.6 Å². The zero-order chi connectivity index (χ0) is 17.6. The van der Waals surface area contributed by atoms with Crippen LogP contribution in [0.3, 0.4) is 0 Å². The molecule has 2 aromatic carbocycles. The zero-order valence-corrected chi connectivity index (χ0v) is 15.8. The lowest BCUT2D eigenvalue weighted by Gasteiger charge is -2.32. The fourth-order valence-corrected chi connectivity index (χ4v) is 4.58. The lowest BCUT2D eigenvalue weighted by atomic mass is 10.0. The summed E-state index contributed by atoms with van der Waals surface area (Å²) in [5.74, 6) is 0. The third kappa shape index (κ3) is 4.56. The highest BCUT2D eigenvalue weighted by Gasteiger charge is 2.29. The van der Waals surface area contributed by atoms with Crippen molar-refractivity contribution >= 4 is 8.07 Å². The molecule has 0 spiro atoms. The van der Waals surface area contributed by atoms with E-state index in [9.17, 15) is 5.11 Å². The van der Waals surface area contributed by atoms with Gasteiger partial charge in [0.1, 0.15) is 0 Å². The minimum Gasteiger partial charge on any atom is -0.394 e. The maximum atomic E-state index is 9.94. The maximum Gasteiger partial charge on any atom is 0.0848 e. The molecule has 0 bridgehead atoms. The highest BCUT2D eigenvalue weighted by molar-refractivity contribution is 6.83. The molecule has 0 aromatic heterocycles. The van der Waals surface area contributed by atoms with E-state index in [0.717, 1.165) is 5.56 Å². The molecule has 0 radical (unpaired) electrons. The second-order valence-electron chi connectivity index (χ2n) is 7.00. The molecule has 0 unspecified atom stereocenters. The molecular weight excluding hydrogens is 310 g/mol. The fraction of sp³-hybridized carbons (Fsp3) is 0.286. The monoisotopic (exact) mass is 337 g/mol. The summed E-state index contributed by atoms with van der Waals surface area (Å²) in [6, 6.07) is 20.3. The average molecular weight is 338 g/mol. The summed E-state index contributed by atoms with van der Waals surface area (Å²) in [5.41, 5.74) is 5.47. The van der Waals surface area contributed by atoms with E-state index in [1.165, 1.54) is 10.8 Å². The van der Waals surface area contributed by atoms with Crippen molar-refractivity contribution in [3.63, 3.8) is 0 Å². The standard InChI is InChI=1S/C21H27NOSi/c1-5-20(24(2,3)4)21(18-14-10-7-11-15-18)22-19(16-23)17-12-8-6-9-13-17/h6-15,19,21-23H,1,16H2,2-4H3/t19-,21-/m1/s1. The van der Waals surface area contributed by atoms with E-state index in [1.54, 1.807) is 0 Å². The van der Waals surface area contributed by atoms with Crippen molar-refractivity contribution in [1.29, 1.82) is 0 Å². The number of aliphatic hydroxyl groups excluding tert-OH is 1. The molecule has 2 N–H and O–H groups in total. The van der Waals surface area contributed by atoms with Crippen molar-refractivity contribution in [2.45, 2.75) is 31.7 Å². The fourth-order valence-electron chi connectivity index (χ4n) is 2.93. The largest absolute Gasteiger partial charge is 0.394 e. The van der Waals surface area contributed by atoms with Gasteiger partial charge in [0.05, 0.1) is 26.8 Å². The Labute approximate surface area is 146 Å². The lowest BCUT2D eigenvalue weighted by Crippen LogP contribution is -2.37. The van der Waals surface area contributed by atoms with Crippen molar-refractivity contribution in [2.24, 2.45) is 0 Å². The second-order valence-corrected chi connectivity index (χ2v) is 12.0. The van der Waals surface area contributed by atoms with Crippen molar-refractivity contribution < 1.29 is 5.11 Å². The Balaban J connectivity index is 2.41. The molecule has 0 saturated heterocycles. The van der Waals surface area contributed by atoms with Crippen molar-refractivity contribution in [1.82, 2.24) is 5.32 Å². The minimum atomic E-state index is -1.61. The van der Waals surface area contributed by atoms with Crippen LogP contribution in [0.25, 0.3) is 0 Å². The van der Waals surface area contributed by atoms with E-state index in [0.29, 0.717) is 0 Å². The van der Waals surface area contributed by atoms with Crippen LogP contribution in [0.4, 0.5) is 0 Å². The van der Waals surface area contributed by atoms with Gasteiger partial charge in [0.15, 0.2) is 0 Å². The Morgan fingerprint density at radius 1 is 1.00 bits per heavy atom. The highest BCUT2D eigenvalue weighted by Crippen LogP contribution is 2.31. The Hall–Kier alpha value is -1.90. The first-order valence-electron chi connectivity index (χ1n) is 8.34. The van der Waals surface area contributed by atoms with Gasteiger partial charge in [0, 0.05) is 0 Å². The van der Waals surface area contributed by atoms with Crippen LogP contribution in [-0.4, -0.2) is 19.8 Å². The van der Waals surface area contributed by atoms with E-state index in [-0.39, 0.29) is 18.7 Å². The van der Waals surface area contributed by atoms with E-state index in [2.05, 4.69) is 49.4 Å². The molecule has 0 saturated carbocycles. The summed E-state index contributed by atoms with van der Waals surface area (Å²) in [6.45, 7) is 10.9. The van der Waals surface area contributed by atoms with Crippen LogP contribution in [0, 0.1) is 0 Å². The zero-order valence-electron chi connectivity index (χ0n) is 14.8. The van der Waals surface area contributed by atoms with Gasteiger partial charge in [0.2, 0.25) is 0 Å². The van der Waals surface area contributed by atoms with E-state index in [1.807, 2.05) is 48.5 Å². The summed E-state index contributed by atoms with van der Waals surface area (Å²) in [5, 5.41) is 14.8. The molecule has 0 heterocycles. The molecule has 3 heteroatoms. The summed E-state index contributed by atoms with van der Waals surface area (Å²) in [7, 11) is -1.61. The number of hydrogen-bond donors (Lipinski definition) is 2. The normalized spacial score (nSPS) is 13.8. The van der Waals surface area contributed by atoms with Gasteiger partial charge in [0.25, 0.3) is 0 Å². The Bertz CT molecular complexity index is 685. The third-order valence-electron chi connectivity index (χ3n) is 4.17. The predicted octanol–water partition coefficient (Wildman–Crippen LogP) is 4.64. The van der Waals surface area contributed by atoms with Crippen LogP contribution in [0.5, 0.6) is 0 Å². The van der Waals surface area contributed by atoms with Crippen molar-refractivity contribution in [3.05, 3.63) is 89.3 Å². The summed E-state index contributed by atoms with van der Waals surface area (Å²) < 4.78 is 0. The van der Waals surface area contributed by atoms with Crippen molar-refractivity contribution in [3.8, 4) is 0 Å². The molecule has 2 atom stereocenters. The van der Waals surface area contributed by atoms with Crippen LogP contribution < -0.4 is 5.32 Å². The van der Waals surface area contributed by atoms with Gasteiger partial charge in [-0.1, -0.05) is 86.9 Å². The molecule has 0 aliphatic carbocycles. The second kappa shape index (κ2) is 8.27. The van der Waals surface area contributed by atoms with Gasteiger partial charge in [-0.05, 0) is 16.3 Å². The molecule has 2 nitrogen and oxygen atoms in total. The summed E-state index contributed by atoms with van der Waals surface area (Å²) >= 11 is 0. The SMILES string of the molecule is C=C=C([C@H](N[C@H](CO)c1ccccc1)c1ccccc1)[Si](C)(C)C. The molecule has 0 aliphatic rings. The Morgan fingerprint density at radius 2 is 1.50 bits per heavy atom. The smallest absolute Gasteiger partial charge is 0.0848 e. The molecule has 0 fully saturated rings. The quantitative estimate of drug-likeness (QED) is 0.570. The average Bonchev–Trinajstić information content (AvgIpc) is 2.59. The van der Waals surface area contributed by atoms with Gasteiger partial charge in [-0.3, -0.25) is 5.32 Å². The third-order valence-corrected chi connectivity index (χ3v) is 6.25. The number of nitrogens with one attached hydrogen (secondary N) is 1. The van der Waals surface area contributed by atoms with E-state index >= 15 is 0 Å². The lowest BCUT2D eigenvalue weighted by molar-refractivity contribution is 0.238. The van der Waals surface area contributed by atoms with Gasteiger partial charge >= 0.3 is 0 Å². The number of benzene rings is 2. The molecule has 0 aliphatic heterocycles. The Morgan fingerprint density at radius 3 is 1.92 bits per heavy atom. The highest BCUT2D eigenvalue weighted by atomic mass is 28.3. The first-order chi connectivity index (χ1) is 11.5. The Kier molecular flexibility index (Phi) is 6.35. The van der Waals surface area contributed by atoms with E-state index in [4.69, 9.17) is 0 Å². The minimum absolute atomic E-state index is 0.00715. The van der Waals surface area contributed by atoms with Gasteiger partial charge < -0.3 is 5.11 Å². The van der Waals surface area contributed by atoms with Gasteiger partial charge in [-0.15, -0.1) is 5.73 Å². The molecule has 2 aromatic rings. The summed E-state index contributed by atoms with van der Waals surface area (Å²) in [6.07, 6.45) is 0. The van der Waals surface area contributed by atoms with Crippen LogP contribution in [-0.2, 0) is 0 Å². The first kappa shape index (κ1) is 18.4. The van der Waals surface area contributed by atoms with Crippen LogP contribution in [0.1, 0.15) is 23.2 Å². The maximum absolute atomic E-state index is 9.94. The van der Waals surface area contributed by atoms with Crippen LogP contribution >= 0.6 is 0 Å². The molecule has 0 amide bonds. The number of hydrogen-bond acceptors (Lipinski definition) is 2. The van der Waals surface area contributed by atoms with Crippen LogP contribution in [0.15, 0.2) is 78.2 Å². The van der Waals surface area contributed by atoms with E-state index < -0.39 is 8.07 Å².